The third-order valence-corrected chi connectivity index (χ3v) is 4.69. The van der Waals surface area contributed by atoms with Gasteiger partial charge in [-0.3, -0.25) is 9.88 Å². The lowest BCUT2D eigenvalue weighted by atomic mass is 9.90. The Labute approximate surface area is 149 Å². The van der Waals surface area contributed by atoms with Gasteiger partial charge >= 0.3 is 0 Å². The normalized spacial score (nSPS) is 21.4. The zero-order valence-corrected chi connectivity index (χ0v) is 15.0. The van der Waals surface area contributed by atoms with Crippen LogP contribution in [0.1, 0.15) is 18.9 Å². The van der Waals surface area contributed by atoms with Crippen LogP contribution in [0.15, 0.2) is 30.5 Å². The van der Waals surface area contributed by atoms with Gasteiger partial charge in [-0.1, -0.05) is 30.7 Å². The van der Waals surface area contributed by atoms with Crippen LogP contribution in [0.3, 0.4) is 0 Å². The van der Waals surface area contributed by atoms with Crippen LogP contribution in [0.25, 0.3) is 10.9 Å². The summed E-state index contributed by atoms with van der Waals surface area (Å²) in [5.74, 6) is 0. The Hall–Kier alpha value is -0.580. The summed E-state index contributed by atoms with van der Waals surface area (Å²) in [4.78, 5) is 6.94. The van der Waals surface area contributed by atoms with Gasteiger partial charge in [-0.25, -0.2) is 0 Å². The number of nitrogens with zero attached hydrogens (tertiary/aromatic N) is 2. The van der Waals surface area contributed by atoms with Gasteiger partial charge in [-0.2, -0.15) is 0 Å². The first-order chi connectivity index (χ1) is 9.61. The molecule has 2 aromatic rings. The van der Waals surface area contributed by atoms with Crippen molar-refractivity contribution < 1.29 is 0 Å². The maximum atomic E-state index is 6.40. The zero-order valence-electron chi connectivity index (χ0n) is 12.6. The number of aromatic nitrogens is 1. The Balaban J connectivity index is 0.00000121. The van der Waals surface area contributed by atoms with E-state index in [1.54, 1.807) is 0 Å². The Kier molecular flexibility index (Phi) is 6.90. The number of halogens is 3. The fourth-order valence-corrected chi connectivity index (χ4v) is 3.19. The first-order valence-electron chi connectivity index (χ1n) is 7.06. The van der Waals surface area contributed by atoms with Gasteiger partial charge in [-0.05, 0) is 37.1 Å². The zero-order chi connectivity index (χ0) is 14.2. The number of fused-ring (bicyclic) bond motifs is 1. The number of nitrogens with two attached hydrogens (primary N) is 1. The third kappa shape index (κ3) is 3.84. The van der Waals surface area contributed by atoms with Crippen molar-refractivity contribution >= 4 is 47.3 Å². The number of hydrogen-bond donors (Lipinski definition) is 1. The van der Waals surface area contributed by atoms with Gasteiger partial charge in [0.1, 0.15) is 0 Å². The van der Waals surface area contributed by atoms with E-state index in [0.717, 1.165) is 54.1 Å². The molecule has 1 atom stereocenters. The van der Waals surface area contributed by atoms with Gasteiger partial charge in [0.2, 0.25) is 0 Å². The van der Waals surface area contributed by atoms with Crippen molar-refractivity contribution in [3.63, 3.8) is 0 Å². The number of hydrogen-bond acceptors (Lipinski definition) is 3. The van der Waals surface area contributed by atoms with Gasteiger partial charge in [0.15, 0.2) is 0 Å². The van der Waals surface area contributed by atoms with E-state index >= 15 is 0 Å². The van der Waals surface area contributed by atoms with E-state index in [4.69, 9.17) is 17.3 Å². The molecule has 2 N–H and O–H groups in total. The first kappa shape index (κ1) is 19.5. The third-order valence-electron chi connectivity index (χ3n) is 4.33. The molecule has 22 heavy (non-hydrogen) atoms. The van der Waals surface area contributed by atoms with Crippen molar-refractivity contribution in [2.24, 2.45) is 11.1 Å². The number of pyridine rings is 1. The van der Waals surface area contributed by atoms with E-state index in [1.165, 1.54) is 0 Å². The summed E-state index contributed by atoms with van der Waals surface area (Å²) in [5, 5.41) is 1.95. The largest absolute Gasteiger partial charge is 0.330 e. The molecule has 0 bridgehead atoms. The van der Waals surface area contributed by atoms with Crippen LogP contribution < -0.4 is 5.73 Å². The van der Waals surface area contributed by atoms with Crippen LogP contribution in [0.4, 0.5) is 0 Å². The van der Waals surface area contributed by atoms with Crippen molar-refractivity contribution in [1.82, 2.24) is 9.88 Å². The Morgan fingerprint density at radius 1 is 1.32 bits per heavy atom. The quantitative estimate of drug-likeness (QED) is 0.900. The molecular formula is C16H22Cl3N3. The minimum Gasteiger partial charge on any atom is -0.330 e. The van der Waals surface area contributed by atoms with E-state index < -0.39 is 0 Å². The van der Waals surface area contributed by atoms with E-state index in [0.29, 0.717) is 0 Å². The molecule has 1 fully saturated rings. The molecule has 1 aromatic carbocycles. The topological polar surface area (TPSA) is 42.1 Å². The minimum absolute atomic E-state index is 0. The summed E-state index contributed by atoms with van der Waals surface area (Å²) in [6, 6.07) is 8.04. The lowest BCUT2D eigenvalue weighted by Gasteiger charge is -2.23. The van der Waals surface area contributed by atoms with Crippen LogP contribution in [-0.2, 0) is 6.54 Å². The Morgan fingerprint density at radius 3 is 2.77 bits per heavy atom. The maximum Gasteiger partial charge on any atom is 0.0761 e. The van der Waals surface area contributed by atoms with Crippen molar-refractivity contribution in [2.75, 3.05) is 19.6 Å². The van der Waals surface area contributed by atoms with Gasteiger partial charge in [0.25, 0.3) is 0 Å². The molecule has 1 aliphatic rings. The molecular weight excluding hydrogens is 341 g/mol. The summed E-state index contributed by atoms with van der Waals surface area (Å²) in [6.45, 7) is 5.96. The molecule has 0 saturated carbocycles. The highest BCUT2D eigenvalue weighted by molar-refractivity contribution is 6.32. The smallest absolute Gasteiger partial charge is 0.0761 e. The van der Waals surface area contributed by atoms with Crippen LogP contribution in [-0.4, -0.2) is 29.5 Å². The van der Waals surface area contributed by atoms with Gasteiger partial charge in [0.05, 0.1) is 5.52 Å². The molecule has 0 radical (unpaired) electrons. The predicted octanol–water partition coefficient (Wildman–Crippen LogP) is 3.90. The summed E-state index contributed by atoms with van der Waals surface area (Å²) in [7, 11) is 0. The highest BCUT2D eigenvalue weighted by Gasteiger charge is 2.32. The van der Waals surface area contributed by atoms with Crippen LogP contribution in [0, 0.1) is 5.41 Å². The fraction of sp³-hybridized carbons (Fsp3) is 0.438. The predicted molar refractivity (Wildman–Crippen MR) is 98.3 cm³/mol. The Morgan fingerprint density at radius 2 is 2.09 bits per heavy atom. The average Bonchev–Trinajstić information content (AvgIpc) is 2.84. The molecule has 3 rings (SSSR count). The van der Waals surface area contributed by atoms with E-state index in [2.05, 4.69) is 22.9 Å². The Bertz CT molecular complexity index is 635. The molecule has 122 valence electrons. The van der Waals surface area contributed by atoms with E-state index in [1.807, 2.05) is 24.4 Å². The van der Waals surface area contributed by atoms with Crippen LogP contribution >= 0.6 is 36.4 Å². The summed E-state index contributed by atoms with van der Waals surface area (Å²) in [6.07, 6.45) is 2.98. The summed E-state index contributed by atoms with van der Waals surface area (Å²) >= 11 is 6.40. The first-order valence-corrected chi connectivity index (χ1v) is 7.44. The van der Waals surface area contributed by atoms with Gasteiger partial charge in [0, 0.05) is 35.3 Å². The molecule has 1 unspecified atom stereocenters. The lowest BCUT2D eigenvalue weighted by Crippen LogP contribution is -2.31. The lowest BCUT2D eigenvalue weighted by molar-refractivity contribution is 0.275. The van der Waals surface area contributed by atoms with Gasteiger partial charge < -0.3 is 5.73 Å². The summed E-state index contributed by atoms with van der Waals surface area (Å²) < 4.78 is 0. The SMILES string of the molecule is CC1(CN)CCN(Cc2c(Cl)ccc3cccnc23)C1.Cl.Cl. The van der Waals surface area contributed by atoms with Crippen molar-refractivity contribution in [3.05, 3.63) is 41.0 Å². The average molecular weight is 363 g/mol. The van der Waals surface area contributed by atoms with Crippen LogP contribution in [0.2, 0.25) is 5.02 Å². The second-order valence-electron chi connectivity index (χ2n) is 6.08. The second kappa shape index (κ2) is 7.80. The minimum atomic E-state index is 0. The number of rotatable bonds is 3. The highest BCUT2D eigenvalue weighted by Crippen LogP contribution is 2.32. The molecule has 1 aliphatic heterocycles. The summed E-state index contributed by atoms with van der Waals surface area (Å²) in [5.41, 5.74) is 8.27. The monoisotopic (exact) mass is 361 g/mol. The molecule has 6 heteroatoms. The molecule has 0 spiro atoms. The van der Waals surface area contributed by atoms with Gasteiger partial charge in [-0.15, -0.1) is 24.8 Å². The van der Waals surface area contributed by atoms with Crippen molar-refractivity contribution in [3.8, 4) is 0 Å². The van der Waals surface area contributed by atoms with Crippen LogP contribution in [0.5, 0.6) is 0 Å². The number of likely N-dealkylation sites (tertiary alicyclic amines) is 1. The second-order valence-corrected chi connectivity index (χ2v) is 6.48. The van der Waals surface area contributed by atoms with Crippen molar-refractivity contribution in [2.45, 2.75) is 19.9 Å². The highest BCUT2D eigenvalue weighted by atomic mass is 35.5. The number of benzene rings is 1. The van der Waals surface area contributed by atoms with E-state index in [9.17, 15) is 0 Å². The fourth-order valence-electron chi connectivity index (χ4n) is 2.98. The molecule has 0 aliphatic carbocycles. The molecule has 3 nitrogen and oxygen atoms in total. The maximum absolute atomic E-state index is 6.40. The molecule has 1 aromatic heterocycles. The van der Waals surface area contributed by atoms with E-state index in [-0.39, 0.29) is 30.2 Å². The molecule has 0 amide bonds. The van der Waals surface area contributed by atoms with Crippen molar-refractivity contribution in [1.29, 1.82) is 0 Å². The standard InChI is InChI=1S/C16H20ClN3.2ClH/c1-16(10-18)6-8-20(11-16)9-13-14(17)5-4-12-3-2-7-19-15(12)13;;/h2-5,7H,6,8-11,18H2,1H3;2*1H. The molecule has 2 heterocycles. The molecule has 1 saturated heterocycles.